The number of hydrogen-bond acceptors (Lipinski definition) is 8. The number of aliphatic hydroxyl groups excluding tert-OH is 1. The SMILES string of the molecule is COCCN(C)c1nc(OC(=O)N[C@H](CO)CC(C)C)cnc1N1CCCCC1. The van der Waals surface area contributed by atoms with E-state index in [9.17, 15) is 9.90 Å². The number of carbonyl (C=O) groups is 1. The van der Waals surface area contributed by atoms with Crippen LogP contribution in [0.5, 0.6) is 5.88 Å². The van der Waals surface area contributed by atoms with E-state index in [0.717, 1.165) is 31.7 Å². The summed E-state index contributed by atoms with van der Waals surface area (Å²) in [5.41, 5.74) is 0. The number of rotatable bonds is 10. The molecule has 1 aliphatic rings. The van der Waals surface area contributed by atoms with Gasteiger partial charge in [0.2, 0.25) is 5.88 Å². The molecule has 1 atom stereocenters. The Morgan fingerprint density at radius 2 is 2.07 bits per heavy atom. The maximum absolute atomic E-state index is 12.2. The van der Waals surface area contributed by atoms with Crippen LogP contribution in [0.4, 0.5) is 16.4 Å². The second kappa shape index (κ2) is 11.8. The summed E-state index contributed by atoms with van der Waals surface area (Å²) in [5, 5.41) is 12.1. The van der Waals surface area contributed by atoms with Gasteiger partial charge in [0.1, 0.15) is 0 Å². The molecule has 0 bridgehead atoms. The van der Waals surface area contributed by atoms with Crippen molar-refractivity contribution in [3.05, 3.63) is 6.20 Å². The third kappa shape index (κ3) is 7.32. The minimum atomic E-state index is -0.643. The van der Waals surface area contributed by atoms with Gasteiger partial charge in [-0.05, 0) is 31.6 Å². The molecule has 2 rings (SSSR count). The molecule has 29 heavy (non-hydrogen) atoms. The van der Waals surface area contributed by atoms with Gasteiger partial charge in [-0.1, -0.05) is 13.8 Å². The smallest absolute Gasteiger partial charge is 0.394 e. The van der Waals surface area contributed by atoms with Gasteiger partial charge in [0, 0.05) is 33.8 Å². The zero-order valence-corrected chi connectivity index (χ0v) is 18.1. The van der Waals surface area contributed by atoms with Gasteiger partial charge in [0.15, 0.2) is 11.6 Å². The number of nitrogens with zero attached hydrogens (tertiary/aromatic N) is 4. The van der Waals surface area contributed by atoms with E-state index in [1.807, 2.05) is 25.8 Å². The molecule has 1 aliphatic heterocycles. The van der Waals surface area contributed by atoms with Crippen LogP contribution >= 0.6 is 0 Å². The molecule has 0 saturated carbocycles. The lowest BCUT2D eigenvalue weighted by molar-refractivity contribution is 0.175. The lowest BCUT2D eigenvalue weighted by atomic mass is 10.0. The number of methoxy groups -OCH3 is 1. The summed E-state index contributed by atoms with van der Waals surface area (Å²) in [4.78, 5) is 25.5. The highest BCUT2D eigenvalue weighted by molar-refractivity contribution is 5.71. The first-order valence-corrected chi connectivity index (χ1v) is 10.4. The van der Waals surface area contributed by atoms with Gasteiger partial charge in [-0.15, -0.1) is 0 Å². The maximum Gasteiger partial charge on any atom is 0.414 e. The van der Waals surface area contributed by atoms with Crippen molar-refractivity contribution < 1.29 is 19.4 Å². The Bertz CT molecular complexity index is 637. The van der Waals surface area contributed by atoms with E-state index in [0.29, 0.717) is 31.3 Å². The third-order valence-electron chi connectivity index (χ3n) is 4.86. The average molecular weight is 410 g/mol. The molecule has 0 aromatic carbocycles. The summed E-state index contributed by atoms with van der Waals surface area (Å²) in [6.45, 7) is 6.99. The molecule has 1 amide bonds. The van der Waals surface area contributed by atoms with Gasteiger partial charge in [0.25, 0.3) is 0 Å². The fraction of sp³-hybridized carbons (Fsp3) is 0.750. The molecule has 1 aromatic rings. The van der Waals surface area contributed by atoms with E-state index in [4.69, 9.17) is 9.47 Å². The van der Waals surface area contributed by atoms with E-state index < -0.39 is 6.09 Å². The largest absolute Gasteiger partial charge is 0.414 e. The van der Waals surface area contributed by atoms with Crippen molar-refractivity contribution in [3.8, 4) is 5.88 Å². The number of aromatic nitrogens is 2. The Morgan fingerprint density at radius 3 is 2.69 bits per heavy atom. The van der Waals surface area contributed by atoms with Crippen molar-refractivity contribution in [2.75, 3.05) is 56.8 Å². The Morgan fingerprint density at radius 1 is 1.34 bits per heavy atom. The summed E-state index contributed by atoms with van der Waals surface area (Å²) in [6.07, 6.45) is 4.98. The van der Waals surface area contributed by atoms with E-state index >= 15 is 0 Å². The number of aliphatic hydroxyl groups is 1. The van der Waals surface area contributed by atoms with Crippen LogP contribution in [0.15, 0.2) is 6.20 Å². The van der Waals surface area contributed by atoms with E-state index in [-0.39, 0.29) is 18.5 Å². The highest BCUT2D eigenvalue weighted by Gasteiger charge is 2.22. The monoisotopic (exact) mass is 409 g/mol. The lowest BCUT2D eigenvalue weighted by Crippen LogP contribution is -2.40. The average Bonchev–Trinajstić information content (AvgIpc) is 2.71. The van der Waals surface area contributed by atoms with Crippen molar-refractivity contribution in [2.24, 2.45) is 5.92 Å². The normalized spacial score (nSPS) is 15.3. The van der Waals surface area contributed by atoms with E-state index in [2.05, 4.69) is 20.2 Å². The van der Waals surface area contributed by atoms with Crippen molar-refractivity contribution in [3.63, 3.8) is 0 Å². The van der Waals surface area contributed by atoms with Crippen molar-refractivity contribution in [2.45, 2.75) is 45.6 Å². The van der Waals surface area contributed by atoms with Crippen LogP contribution in [-0.2, 0) is 4.74 Å². The Hall–Kier alpha value is -2.13. The Kier molecular flexibility index (Phi) is 9.40. The van der Waals surface area contributed by atoms with Crippen LogP contribution in [-0.4, -0.2) is 74.2 Å². The number of likely N-dealkylation sites (N-methyl/N-ethyl adjacent to an activating group) is 1. The second-order valence-electron chi connectivity index (χ2n) is 7.86. The Labute approximate surface area is 173 Å². The van der Waals surface area contributed by atoms with Gasteiger partial charge in [-0.3, -0.25) is 0 Å². The molecule has 1 aromatic heterocycles. The maximum atomic E-state index is 12.2. The number of anilines is 2. The van der Waals surface area contributed by atoms with Gasteiger partial charge >= 0.3 is 6.09 Å². The van der Waals surface area contributed by atoms with Gasteiger partial charge in [-0.25, -0.2) is 9.78 Å². The van der Waals surface area contributed by atoms with Crippen LogP contribution < -0.4 is 19.9 Å². The molecule has 0 aliphatic carbocycles. The molecule has 0 radical (unpaired) electrons. The number of amides is 1. The zero-order chi connectivity index (χ0) is 21.2. The molecule has 9 nitrogen and oxygen atoms in total. The van der Waals surface area contributed by atoms with Gasteiger partial charge in [0.05, 0.1) is 25.5 Å². The minimum absolute atomic E-state index is 0.128. The topological polar surface area (TPSA) is 100 Å². The predicted molar refractivity (Wildman–Crippen MR) is 113 cm³/mol. The minimum Gasteiger partial charge on any atom is -0.394 e. The third-order valence-corrected chi connectivity index (χ3v) is 4.86. The molecular formula is C20H35N5O4. The van der Waals surface area contributed by atoms with Crippen LogP contribution in [0.25, 0.3) is 0 Å². The molecule has 0 spiro atoms. The summed E-state index contributed by atoms with van der Waals surface area (Å²) >= 11 is 0. The molecule has 2 heterocycles. The number of piperidine rings is 1. The molecule has 1 saturated heterocycles. The number of nitrogens with one attached hydrogen (secondary N) is 1. The van der Waals surface area contributed by atoms with Crippen LogP contribution in [0.1, 0.15) is 39.5 Å². The summed E-state index contributed by atoms with van der Waals surface area (Å²) in [7, 11) is 3.58. The molecule has 2 N–H and O–H groups in total. The van der Waals surface area contributed by atoms with E-state index in [1.165, 1.54) is 12.6 Å². The molecule has 1 fully saturated rings. The number of carbonyl (C=O) groups excluding carboxylic acids is 1. The highest BCUT2D eigenvalue weighted by atomic mass is 16.6. The highest BCUT2D eigenvalue weighted by Crippen LogP contribution is 2.28. The number of ether oxygens (including phenoxy) is 2. The summed E-state index contributed by atoms with van der Waals surface area (Å²) < 4.78 is 10.5. The first kappa shape index (κ1) is 23.2. The second-order valence-corrected chi connectivity index (χ2v) is 7.86. The quantitative estimate of drug-likeness (QED) is 0.606. The standard InChI is InChI=1S/C20H35N5O4/c1-15(2)12-16(14-26)22-20(27)29-17-13-21-18(25-8-6-5-7-9-25)19(23-17)24(3)10-11-28-4/h13,15-16,26H,5-12,14H2,1-4H3,(H,22,27)/t16-/m0/s1. The first-order chi connectivity index (χ1) is 13.9. The molecule has 9 heteroatoms. The fourth-order valence-electron chi connectivity index (χ4n) is 3.36. The van der Waals surface area contributed by atoms with E-state index in [1.54, 1.807) is 7.11 Å². The predicted octanol–water partition coefficient (Wildman–Crippen LogP) is 2.04. The summed E-state index contributed by atoms with van der Waals surface area (Å²) in [5.74, 6) is 1.93. The van der Waals surface area contributed by atoms with Crippen LogP contribution in [0, 0.1) is 5.92 Å². The lowest BCUT2D eigenvalue weighted by Gasteiger charge is -2.31. The van der Waals surface area contributed by atoms with Gasteiger partial charge < -0.3 is 29.7 Å². The van der Waals surface area contributed by atoms with Crippen molar-refractivity contribution >= 4 is 17.7 Å². The van der Waals surface area contributed by atoms with Crippen molar-refractivity contribution in [1.29, 1.82) is 0 Å². The zero-order valence-electron chi connectivity index (χ0n) is 18.1. The van der Waals surface area contributed by atoms with Crippen LogP contribution in [0.3, 0.4) is 0 Å². The number of hydrogen-bond donors (Lipinski definition) is 2. The fourth-order valence-corrected chi connectivity index (χ4v) is 3.36. The molecule has 0 unspecified atom stereocenters. The molecular weight excluding hydrogens is 374 g/mol. The van der Waals surface area contributed by atoms with Crippen molar-refractivity contribution in [1.82, 2.24) is 15.3 Å². The molecule has 164 valence electrons. The summed E-state index contributed by atoms with van der Waals surface area (Å²) in [6, 6.07) is -0.355. The Balaban J connectivity index is 2.14. The van der Waals surface area contributed by atoms with Crippen LogP contribution in [0.2, 0.25) is 0 Å². The first-order valence-electron chi connectivity index (χ1n) is 10.4. The van der Waals surface area contributed by atoms with Gasteiger partial charge in [-0.2, -0.15) is 4.98 Å².